The van der Waals surface area contributed by atoms with Gasteiger partial charge in [0.05, 0.1) is 12.1 Å². The Kier molecular flexibility index (Phi) is 6.29. The van der Waals surface area contributed by atoms with Gasteiger partial charge in [-0.25, -0.2) is 4.98 Å². The van der Waals surface area contributed by atoms with Crippen molar-refractivity contribution in [3.8, 4) is 10.4 Å². The van der Waals surface area contributed by atoms with Crippen molar-refractivity contribution in [2.45, 2.75) is 17.0 Å². The molecule has 0 aliphatic heterocycles. The highest BCUT2D eigenvalue weighted by molar-refractivity contribution is 8.00. The molecule has 0 spiro atoms. The number of rotatable bonds is 7. The van der Waals surface area contributed by atoms with Crippen LogP contribution >= 0.6 is 23.1 Å². The molecule has 1 amide bonds. The number of benzene rings is 3. The molecule has 2 N–H and O–H groups in total. The number of hydrogen-bond donors (Lipinski definition) is 1. The molecule has 0 saturated carbocycles. The average Bonchev–Trinajstić information content (AvgIpc) is 3.31. The first kappa shape index (κ1) is 22.1. The first-order valence-corrected chi connectivity index (χ1v) is 12.4. The van der Waals surface area contributed by atoms with Gasteiger partial charge in [-0.15, -0.1) is 11.3 Å². The molecule has 2 aromatic heterocycles. The number of primary amides is 1. The van der Waals surface area contributed by atoms with Gasteiger partial charge in [0.1, 0.15) is 9.95 Å². The minimum Gasteiger partial charge on any atom is -0.368 e. The van der Waals surface area contributed by atoms with Crippen molar-refractivity contribution in [3.05, 3.63) is 119 Å². The van der Waals surface area contributed by atoms with Crippen LogP contribution in [-0.2, 0) is 11.3 Å². The van der Waals surface area contributed by atoms with E-state index in [0.717, 1.165) is 21.6 Å². The van der Waals surface area contributed by atoms with Gasteiger partial charge in [-0.1, -0.05) is 103 Å². The van der Waals surface area contributed by atoms with E-state index in [4.69, 9.17) is 10.7 Å². The Labute approximate surface area is 204 Å². The van der Waals surface area contributed by atoms with E-state index in [9.17, 15) is 9.59 Å². The Morgan fingerprint density at radius 1 is 0.941 bits per heavy atom. The summed E-state index contributed by atoms with van der Waals surface area (Å²) in [5, 5.41) is -0.203. The van der Waals surface area contributed by atoms with Crippen molar-refractivity contribution in [2.24, 2.45) is 5.73 Å². The molecule has 0 fully saturated rings. The van der Waals surface area contributed by atoms with Crippen molar-refractivity contribution >= 4 is 39.2 Å². The van der Waals surface area contributed by atoms with Gasteiger partial charge in [-0.05, 0) is 22.8 Å². The van der Waals surface area contributed by atoms with E-state index in [1.54, 1.807) is 4.57 Å². The van der Waals surface area contributed by atoms with Gasteiger partial charge in [-0.3, -0.25) is 14.2 Å². The normalized spacial score (nSPS) is 12.0. The van der Waals surface area contributed by atoms with E-state index in [1.807, 2.05) is 97.1 Å². The zero-order chi connectivity index (χ0) is 23.5. The molecule has 1 unspecified atom stereocenters. The van der Waals surface area contributed by atoms with E-state index in [1.165, 1.54) is 23.1 Å². The standard InChI is InChI=1S/C27H21N3O2S2/c28-25(31)23(20-14-8-3-9-15-20)34-27-29-21-16-22(19-12-6-2-7-13-19)33-24(21)26(32)30(27)17-18-10-4-1-5-11-18/h1-16,23H,17H2,(H2,28,31). The Bertz CT molecular complexity index is 1500. The third-order valence-corrected chi connectivity index (χ3v) is 7.85. The summed E-state index contributed by atoms with van der Waals surface area (Å²) in [7, 11) is 0. The summed E-state index contributed by atoms with van der Waals surface area (Å²) in [6.45, 7) is 0.351. The predicted molar refractivity (Wildman–Crippen MR) is 139 cm³/mol. The number of nitrogens with two attached hydrogens (primary N) is 1. The van der Waals surface area contributed by atoms with E-state index < -0.39 is 11.2 Å². The fourth-order valence-electron chi connectivity index (χ4n) is 3.75. The monoisotopic (exact) mass is 483 g/mol. The maximum absolute atomic E-state index is 13.7. The van der Waals surface area contributed by atoms with Crippen LogP contribution in [-0.4, -0.2) is 15.5 Å². The highest BCUT2D eigenvalue weighted by atomic mass is 32.2. The smallest absolute Gasteiger partial charge is 0.272 e. The van der Waals surface area contributed by atoms with Gasteiger partial charge >= 0.3 is 0 Å². The number of aromatic nitrogens is 2. The zero-order valence-electron chi connectivity index (χ0n) is 18.1. The first-order valence-electron chi connectivity index (χ1n) is 10.7. The van der Waals surface area contributed by atoms with Gasteiger partial charge in [0.15, 0.2) is 5.16 Å². The summed E-state index contributed by atoms with van der Waals surface area (Å²) in [5.41, 5.74) is 9.06. The van der Waals surface area contributed by atoms with Crippen LogP contribution in [0.3, 0.4) is 0 Å². The Morgan fingerprint density at radius 3 is 2.21 bits per heavy atom. The molecule has 7 heteroatoms. The minimum absolute atomic E-state index is 0.125. The molecule has 3 aromatic carbocycles. The lowest BCUT2D eigenvalue weighted by Crippen LogP contribution is -2.25. The Hall–Kier alpha value is -3.68. The number of hydrogen-bond acceptors (Lipinski definition) is 5. The van der Waals surface area contributed by atoms with Crippen LogP contribution in [0.15, 0.2) is 107 Å². The fraction of sp³-hybridized carbons (Fsp3) is 0.0741. The summed E-state index contributed by atoms with van der Waals surface area (Å²) in [4.78, 5) is 31.9. The Balaban J connectivity index is 1.65. The van der Waals surface area contributed by atoms with Gasteiger partial charge in [-0.2, -0.15) is 0 Å². The molecule has 0 aliphatic rings. The van der Waals surface area contributed by atoms with Crippen LogP contribution in [0.2, 0.25) is 0 Å². The summed E-state index contributed by atoms with van der Waals surface area (Å²) >= 11 is 2.65. The SMILES string of the molecule is NC(=O)C(Sc1nc2cc(-c3ccccc3)sc2c(=O)n1Cc1ccccc1)c1ccccc1. The van der Waals surface area contributed by atoms with Crippen LogP contribution in [0.25, 0.3) is 20.7 Å². The average molecular weight is 484 g/mol. The first-order chi connectivity index (χ1) is 16.6. The molecule has 5 aromatic rings. The molecular weight excluding hydrogens is 462 g/mol. The van der Waals surface area contributed by atoms with Crippen LogP contribution < -0.4 is 11.3 Å². The Morgan fingerprint density at radius 2 is 1.56 bits per heavy atom. The molecule has 168 valence electrons. The second-order valence-electron chi connectivity index (χ2n) is 7.77. The van der Waals surface area contributed by atoms with Gasteiger partial charge in [0.2, 0.25) is 5.91 Å². The number of fused-ring (bicyclic) bond motifs is 1. The molecule has 5 nitrogen and oxygen atoms in total. The highest BCUT2D eigenvalue weighted by Crippen LogP contribution is 2.36. The van der Waals surface area contributed by atoms with E-state index in [2.05, 4.69) is 0 Å². The topological polar surface area (TPSA) is 78.0 Å². The van der Waals surface area contributed by atoms with Crippen molar-refractivity contribution in [1.29, 1.82) is 0 Å². The van der Waals surface area contributed by atoms with Crippen molar-refractivity contribution in [1.82, 2.24) is 9.55 Å². The van der Waals surface area contributed by atoms with Crippen molar-refractivity contribution < 1.29 is 4.79 Å². The largest absolute Gasteiger partial charge is 0.368 e. The van der Waals surface area contributed by atoms with Crippen LogP contribution in [0.1, 0.15) is 16.4 Å². The highest BCUT2D eigenvalue weighted by Gasteiger charge is 2.24. The summed E-state index contributed by atoms with van der Waals surface area (Å²) in [5.74, 6) is -0.480. The third-order valence-electron chi connectivity index (χ3n) is 5.42. The molecule has 0 aliphatic carbocycles. The molecule has 0 saturated heterocycles. The van der Waals surface area contributed by atoms with Crippen LogP contribution in [0.5, 0.6) is 0 Å². The van der Waals surface area contributed by atoms with Gasteiger partial charge < -0.3 is 5.73 Å². The number of thioether (sulfide) groups is 1. The van der Waals surface area contributed by atoms with Crippen LogP contribution in [0.4, 0.5) is 0 Å². The number of carbonyl (C=O) groups is 1. The summed E-state index contributed by atoms with van der Waals surface area (Å²) in [6.07, 6.45) is 0. The van der Waals surface area contributed by atoms with Gasteiger partial charge in [0, 0.05) is 4.88 Å². The predicted octanol–water partition coefficient (Wildman–Crippen LogP) is 5.49. The zero-order valence-corrected chi connectivity index (χ0v) is 19.8. The quantitative estimate of drug-likeness (QED) is 0.245. The lowest BCUT2D eigenvalue weighted by molar-refractivity contribution is -0.117. The van der Waals surface area contributed by atoms with Crippen LogP contribution in [0, 0.1) is 0 Å². The summed E-state index contributed by atoms with van der Waals surface area (Å²) < 4.78 is 2.24. The van der Waals surface area contributed by atoms with Gasteiger partial charge in [0.25, 0.3) is 5.56 Å². The van der Waals surface area contributed by atoms with E-state index >= 15 is 0 Å². The maximum atomic E-state index is 13.7. The molecule has 2 heterocycles. The fourth-order valence-corrected chi connectivity index (χ4v) is 5.85. The third kappa shape index (κ3) is 4.53. The molecule has 1 atom stereocenters. The molecular formula is C27H21N3O2S2. The number of carbonyl (C=O) groups excluding carboxylic acids is 1. The summed E-state index contributed by atoms with van der Waals surface area (Å²) in [6, 6.07) is 31.0. The lowest BCUT2D eigenvalue weighted by Gasteiger charge is -2.17. The van der Waals surface area contributed by atoms with E-state index in [0.29, 0.717) is 21.9 Å². The molecule has 0 radical (unpaired) electrons. The van der Waals surface area contributed by atoms with E-state index in [-0.39, 0.29) is 5.56 Å². The maximum Gasteiger partial charge on any atom is 0.272 e. The lowest BCUT2D eigenvalue weighted by atomic mass is 10.1. The molecule has 5 rings (SSSR count). The number of amides is 1. The minimum atomic E-state index is -0.667. The number of thiophene rings is 1. The number of nitrogens with zero attached hydrogens (tertiary/aromatic N) is 2. The molecule has 34 heavy (non-hydrogen) atoms. The molecule has 0 bridgehead atoms. The van der Waals surface area contributed by atoms with Crippen molar-refractivity contribution in [3.63, 3.8) is 0 Å². The second-order valence-corrected chi connectivity index (χ2v) is 9.90. The van der Waals surface area contributed by atoms with Crippen molar-refractivity contribution in [2.75, 3.05) is 0 Å². The second kappa shape index (κ2) is 9.67.